The molecule has 0 saturated carbocycles. The van der Waals surface area contributed by atoms with E-state index in [1.807, 2.05) is 0 Å². The zero-order chi connectivity index (χ0) is 14.8. The highest BCUT2D eigenvalue weighted by molar-refractivity contribution is 5.87. The van der Waals surface area contributed by atoms with Gasteiger partial charge in [-0.1, -0.05) is 0 Å². The first kappa shape index (κ1) is 15.1. The lowest BCUT2D eigenvalue weighted by molar-refractivity contribution is -0.275. The van der Waals surface area contributed by atoms with Gasteiger partial charge in [-0.2, -0.15) is 0 Å². The Hall–Kier alpha value is -2.00. The fourth-order valence-electron chi connectivity index (χ4n) is 1.09. The third-order valence-corrected chi connectivity index (χ3v) is 1.78. The second-order valence-electron chi connectivity index (χ2n) is 3.04. The van der Waals surface area contributed by atoms with Crippen LogP contribution in [-0.2, 0) is 4.74 Å². The summed E-state index contributed by atoms with van der Waals surface area (Å²) < 4.78 is 81.3. The first-order chi connectivity index (χ1) is 8.65. The molecule has 0 spiro atoms. The molecule has 0 N–H and O–H groups in total. The number of rotatable bonds is 3. The van der Waals surface area contributed by atoms with Crippen LogP contribution in [0.4, 0.5) is 26.3 Å². The number of halogens is 6. The molecule has 0 unspecified atom stereocenters. The second-order valence-corrected chi connectivity index (χ2v) is 3.04. The molecule has 1 aromatic rings. The normalized spacial score (nSPS) is 11.6. The van der Waals surface area contributed by atoms with Crippen molar-refractivity contribution in [2.75, 3.05) is 7.11 Å². The summed E-state index contributed by atoms with van der Waals surface area (Å²) in [5.41, 5.74) is -2.67. The van der Waals surface area contributed by atoms with Gasteiger partial charge < -0.3 is 9.47 Å². The average molecular weight is 289 g/mol. The molecule has 19 heavy (non-hydrogen) atoms. The molecule has 0 radical (unpaired) electrons. The van der Waals surface area contributed by atoms with E-state index >= 15 is 0 Å². The maximum absolute atomic E-state index is 13.3. The van der Waals surface area contributed by atoms with Crippen molar-refractivity contribution in [2.24, 2.45) is 0 Å². The number of pyridine rings is 1. The van der Waals surface area contributed by atoms with Crippen LogP contribution in [0.15, 0.2) is 6.07 Å². The molecule has 10 heteroatoms. The van der Waals surface area contributed by atoms with Crippen LogP contribution in [0.3, 0.4) is 0 Å². The maximum Gasteiger partial charge on any atom is 0.573 e. The van der Waals surface area contributed by atoms with Crippen LogP contribution in [0.25, 0.3) is 0 Å². The van der Waals surface area contributed by atoms with Crippen molar-refractivity contribution in [3.05, 3.63) is 23.3 Å². The molecular formula is C9H5F6NO3. The van der Waals surface area contributed by atoms with E-state index in [1.54, 1.807) is 0 Å². The van der Waals surface area contributed by atoms with Gasteiger partial charge in [-0.25, -0.2) is 22.9 Å². The molecule has 0 aliphatic rings. The number of hydrogen-bond acceptors (Lipinski definition) is 4. The van der Waals surface area contributed by atoms with Crippen LogP contribution in [0.2, 0.25) is 0 Å². The number of ether oxygens (including phenoxy) is 2. The van der Waals surface area contributed by atoms with Crippen LogP contribution in [0, 0.1) is 5.82 Å². The van der Waals surface area contributed by atoms with Gasteiger partial charge in [0, 0.05) is 6.07 Å². The van der Waals surface area contributed by atoms with E-state index in [4.69, 9.17) is 0 Å². The van der Waals surface area contributed by atoms with Gasteiger partial charge in [-0.3, -0.25) is 0 Å². The van der Waals surface area contributed by atoms with Crippen LogP contribution in [0.1, 0.15) is 22.6 Å². The number of carbonyl (C=O) groups is 1. The third-order valence-electron chi connectivity index (χ3n) is 1.78. The predicted octanol–water partition coefficient (Wildman–Crippen LogP) is 2.84. The van der Waals surface area contributed by atoms with Gasteiger partial charge in [0.25, 0.3) is 6.43 Å². The van der Waals surface area contributed by atoms with Gasteiger partial charge in [0.05, 0.1) is 7.11 Å². The van der Waals surface area contributed by atoms with Crippen LogP contribution in [0.5, 0.6) is 5.75 Å². The molecule has 0 amide bonds. The van der Waals surface area contributed by atoms with Crippen molar-refractivity contribution in [3.8, 4) is 5.75 Å². The highest BCUT2D eigenvalue weighted by atomic mass is 19.4. The Morgan fingerprint density at radius 1 is 1.37 bits per heavy atom. The average Bonchev–Trinajstić information content (AvgIpc) is 2.25. The summed E-state index contributed by atoms with van der Waals surface area (Å²) in [4.78, 5) is 13.8. The SMILES string of the molecule is COC(=O)c1nc(C(F)F)c(OC(F)(F)F)cc1F. The molecule has 0 aliphatic heterocycles. The van der Waals surface area contributed by atoms with Crippen LogP contribution in [-0.4, -0.2) is 24.4 Å². The smallest absolute Gasteiger partial charge is 0.464 e. The zero-order valence-electron chi connectivity index (χ0n) is 9.09. The first-order valence-electron chi connectivity index (χ1n) is 4.48. The predicted molar refractivity (Wildman–Crippen MR) is 47.2 cm³/mol. The fourth-order valence-corrected chi connectivity index (χ4v) is 1.09. The first-order valence-corrected chi connectivity index (χ1v) is 4.48. The molecule has 1 aromatic heterocycles. The Morgan fingerprint density at radius 2 is 1.95 bits per heavy atom. The lowest BCUT2D eigenvalue weighted by Crippen LogP contribution is -2.20. The zero-order valence-corrected chi connectivity index (χ0v) is 9.09. The molecule has 1 heterocycles. The summed E-state index contributed by atoms with van der Waals surface area (Å²) in [6.07, 6.45) is -8.80. The summed E-state index contributed by atoms with van der Waals surface area (Å²) >= 11 is 0. The number of nitrogens with zero attached hydrogens (tertiary/aromatic N) is 1. The highest BCUT2D eigenvalue weighted by Gasteiger charge is 2.35. The van der Waals surface area contributed by atoms with E-state index in [1.165, 1.54) is 0 Å². The molecule has 0 fully saturated rings. The number of aromatic nitrogens is 1. The van der Waals surface area contributed by atoms with Crippen molar-refractivity contribution in [3.63, 3.8) is 0 Å². The molecular weight excluding hydrogens is 284 g/mol. The molecule has 0 atom stereocenters. The topological polar surface area (TPSA) is 48.4 Å². The van der Waals surface area contributed by atoms with E-state index < -0.39 is 41.7 Å². The number of esters is 1. The van der Waals surface area contributed by atoms with E-state index in [9.17, 15) is 31.1 Å². The molecule has 4 nitrogen and oxygen atoms in total. The van der Waals surface area contributed by atoms with Crippen LogP contribution >= 0.6 is 0 Å². The lowest BCUT2D eigenvalue weighted by Gasteiger charge is -2.13. The minimum absolute atomic E-state index is 0.00572. The summed E-state index contributed by atoms with van der Waals surface area (Å²) in [6, 6.07) is -0.00572. The molecule has 0 aromatic carbocycles. The number of methoxy groups -OCH3 is 1. The minimum atomic E-state index is -5.30. The summed E-state index contributed by atoms with van der Waals surface area (Å²) in [7, 11) is 0.825. The Balaban J connectivity index is 3.33. The van der Waals surface area contributed by atoms with Gasteiger partial charge in [0.1, 0.15) is 5.69 Å². The van der Waals surface area contributed by atoms with Crippen molar-refractivity contribution in [1.29, 1.82) is 0 Å². The number of hydrogen-bond donors (Lipinski definition) is 0. The minimum Gasteiger partial charge on any atom is -0.464 e. The van der Waals surface area contributed by atoms with Crippen molar-refractivity contribution >= 4 is 5.97 Å². The standard InChI is InChI=1S/C9H5F6NO3/c1-18-8(17)5-3(10)2-4(19-9(13,14)15)6(16-5)7(11)12/h2,7H,1H3. The van der Waals surface area contributed by atoms with Gasteiger partial charge in [-0.15, -0.1) is 13.2 Å². The van der Waals surface area contributed by atoms with Crippen molar-refractivity contribution in [2.45, 2.75) is 12.8 Å². The van der Waals surface area contributed by atoms with E-state index in [2.05, 4.69) is 14.5 Å². The number of alkyl halides is 5. The summed E-state index contributed by atoms with van der Waals surface area (Å²) in [5.74, 6) is -4.50. The second kappa shape index (κ2) is 5.33. The highest BCUT2D eigenvalue weighted by Crippen LogP contribution is 2.32. The molecule has 106 valence electrons. The van der Waals surface area contributed by atoms with Gasteiger partial charge >= 0.3 is 12.3 Å². The van der Waals surface area contributed by atoms with E-state index in [-0.39, 0.29) is 6.07 Å². The monoisotopic (exact) mass is 289 g/mol. The maximum atomic E-state index is 13.3. The Kier molecular flexibility index (Phi) is 4.22. The van der Waals surface area contributed by atoms with Gasteiger partial charge in [0.15, 0.2) is 17.3 Å². The van der Waals surface area contributed by atoms with E-state index in [0.717, 1.165) is 7.11 Å². The van der Waals surface area contributed by atoms with Gasteiger partial charge in [-0.05, 0) is 0 Å². The third kappa shape index (κ3) is 3.73. The fraction of sp³-hybridized carbons (Fsp3) is 0.333. The Labute approximate surface area is 101 Å². The van der Waals surface area contributed by atoms with E-state index in [0.29, 0.717) is 0 Å². The quantitative estimate of drug-likeness (QED) is 0.634. The van der Waals surface area contributed by atoms with Crippen molar-refractivity contribution in [1.82, 2.24) is 4.98 Å². The molecule has 0 saturated heterocycles. The molecule has 0 aliphatic carbocycles. The largest absolute Gasteiger partial charge is 0.573 e. The summed E-state index contributed by atoms with van der Waals surface area (Å²) in [5, 5.41) is 0. The van der Waals surface area contributed by atoms with Crippen LogP contribution < -0.4 is 4.74 Å². The number of carbonyl (C=O) groups excluding carboxylic acids is 1. The summed E-state index contributed by atoms with van der Waals surface area (Å²) in [6.45, 7) is 0. The Morgan fingerprint density at radius 3 is 2.37 bits per heavy atom. The molecule has 0 bridgehead atoms. The van der Waals surface area contributed by atoms with Gasteiger partial charge in [0.2, 0.25) is 0 Å². The van der Waals surface area contributed by atoms with Crippen molar-refractivity contribution < 1.29 is 40.6 Å². The lowest BCUT2D eigenvalue weighted by atomic mass is 10.2. The Bertz CT molecular complexity index is 488. The molecule has 1 rings (SSSR count).